The van der Waals surface area contributed by atoms with Gasteiger partial charge in [0.2, 0.25) is 0 Å². The lowest BCUT2D eigenvalue weighted by atomic mass is 9.84. The van der Waals surface area contributed by atoms with Gasteiger partial charge in [-0.05, 0) is 29.3 Å². The van der Waals surface area contributed by atoms with E-state index in [-0.39, 0.29) is 12.6 Å². The Morgan fingerprint density at radius 1 is 1.15 bits per heavy atom. The van der Waals surface area contributed by atoms with Gasteiger partial charge in [0.1, 0.15) is 25.1 Å². The van der Waals surface area contributed by atoms with Crippen molar-refractivity contribution in [1.29, 1.82) is 0 Å². The number of carbonyl (C=O) groups excluding carboxylic acids is 1. The highest BCUT2D eigenvalue weighted by molar-refractivity contribution is 6.22. The van der Waals surface area contributed by atoms with Crippen LogP contribution in [0.3, 0.4) is 0 Å². The normalized spacial score (nSPS) is 17.3. The van der Waals surface area contributed by atoms with E-state index in [1.807, 2.05) is 55.5 Å². The summed E-state index contributed by atoms with van der Waals surface area (Å²) in [5, 5.41) is 6.36. The summed E-state index contributed by atoms with van der Waals surface area (Å²) in [4.78, 5) is 17.3. The number of hydrogen-bond donors (Lipinski definition) is 0. The quantitative estimate of drug-likeness (QED) is 0.678. The third-order valence-corrected chi connectivity index (χ3v) is 4.57. The fourth-order valence-electron chi connectivity index (χ4n) is 3.17. The predicted octanol–water partition coefficient (Wildman–Crippen LogP) is 3.01. The molecule has 1 aromatic heterocycles. The van der Waals surface area contributed by atoms with E-state index in [1.165, 1.54) is 17.3 Å². The van der Waals surface area contributed by atoms with E-state index in [2.05, 4.69) is 10.1 Å². The molecule has 0 radical (unpaired) electrons. The minimum Gasteiger partial charge on any atom is -0.354 e. The fraction of sp³-hybridized carbons (Fsp3) is 0.250. The number of allylic oxidation sites excluding steroid dienone is 1. The van der Waals surface area contributed by atoms with E-state index in [0.29, 0.717) is 18.9 Å². The zero-order valence-electron chi connectivity index (χ0n) is 14.5. The SMILES string of the molecule is CC1(C(=O)C(=Cc2cccc3ccccc23)n2cncn2)COCOC1. The van der Waals surface area contributed by atoms with E-state index in [1.54, 1.807) is 0 Å². The van der Waals surface area contributed by atoms with Crippen LogP contribution >= 0.6 is 0 Å². The number of nitrogens with zero attached hydrogens (tertiary/aromatic N) is 3. The summed E-state index contributed by atoms with van der Waals surface area (Å²) in [6, 6.07) is 14.1. The molecule has 1 saturated heterocycles. The molecule has 6 nitrogen and oxygen atoms in total. The summed E-state index contributed by atoms with van der Waals surface area (Å²) in [6.45, 7) is 2.69. The molecular formula is C20H19N3O3. The van der Waals surface area contributed by atoms with Crippen LogP contribution < -0.4 is 0 Å². The van der Waals surface area contributed by atoms with Crippen LogP contribution in [-0.2, 0) is 14.3 Å². The van der Waals surface area contributed by atoms with Crippen LogP contribution in [-0.4, -0.2) is 40.6 Å². The van der Waals surface area contributed by atoms with Gasteiger partial charge in [-0.2, -0.15) is 5.10 Å². The van der Waals surface area contributed by atoms with Gasteiger partial charge in [-0.1, -0.05) is 42.5 Å². The number of rotatable bonds is 4. The van der Waals surface area contributed by atoms with Crippen LogP contribution in [0.15, 0.2) is 55.1 Å². The van der Waals surface area contributed by atoms with Crippen LogP contribution in [0.4, 0.5) is 0 Å². The van der Waals surface area contributed by atoms with Crippen LogP contribution in [0.1, 0.15) is 12.5 Å². The van der Waals surface area contributed by atoms with Crippen molar-refractivity contribution in [3.8, 4) is 0 Å². The van der Waals surface area contributed by atoms with Gasteiger partial charge in [0, 0.05) is 0 Å². The van der Waals surface area contributed by atoms with Crippen LogP contribution in [0.25, 0.3) is 22.5 Å². The zero-order valence-corrected chi connectivity index (χ0v) is 14.5. The van der Waals surface area contributed by atoms with Crippen LogP contribution in [0, 0.1) is 5.41 Å². The number of Topliss-reactive ketones (excluding diaryl/α,β-unsaturated/α-hetero) is 1. The first-order valence-electron chi connectivity index (χ1n) is 8.42. The molecule has 26 heavy (non-hydrogen) atoms. The number of carbonyl (C=O) groups is 1. The van der Waals surface area contributed by atoms with E-state index in [4.69, 9.17) is 9.47 Å². The van der Waals surface area contributed by atoms with Gasteiger partial charge >= 0.3 is 0 Å². The molecule has 0 bridgehead atoms. The van der Waals surface area contributed by atoms with Gasteiger partial charge in [-0.3, -0.25) is 4.79 Å². The Balaban J connectivity index is 1.83. The summed E-state index contributed by atoms with van der Waals surface area (Å²) in [7, 11) is 0. The van der Waals surface area contributed by atoms with Gasteiger partial charge in [-0.15, -0.1) is 0 Å². The van der Waals surface area contributed by atoms with Gasteiger partial charge in [0.25, 0.3) is 0 Å². The molecule has 132 valence electrons. The molecule has 6 heteroatoms. The molecule has 0 unspecified atom stereocenters. The molecule has 0 saturated carbocycles. The Labute approximate surface area is 151 Å². The first-order valence-corrected chi connectivity index (χ1v) is 8.42. The number of fused-ring (bicyclic) bond motifs is 1. The van der Waals surface area contributed by atoms with Crippen molar-refractivity contribution in [3.05, 3.63) is 60.7 Å². The summed E-state index contributed by atoms with van der Waals surface area (Å²) >= 11 is 0. The molecule has 2 heterocycles. The lowest BCUT2D eigenvalue weighted by Gasteiger charge is -2.32. The Hall–Kier alpha value is -2.83. The lowest BCUT2D eigenvalue weighted by Crippen LogP contribution is -2.42. The lowest BCUT2D eigenvalue weighted by molar-refractivity contribution is -0.168. The van der Waals surface area contributed by atoms with E-state index in [0.717, 1.165) is 16.3 Å². The molecule has 1 aliphatic rings. The molecule has 0 spiro atoms. The van der Waals surface area contributed by atoms with E-state index in [9.17, 15) is 4.79 Å². The van der Waals surface area contributed by atoms with Crippen molar-refractivity contribution in [1.82, 2.24) is 14.8 Å². The molecule has 0 N–H and O–H groups in total. The Kier molecular flexibility index (Phi) is 4.36. The third-order valence-electron chi connectivity index (χ3n) is 4.57. The molecule has 2 aromatic carbocycles. The van der Waals surface area contributed by atoms with E-state index >= 15 is 0 Å². The Bertz CT molecular complexity index is 952. The van der Waals surface area contributed by atoms with Gasteiger partial charge in [-0.25, -0.2) is 9.67 Å². The molecule has 3 aromatic rings. The standard InChI is InChI=1S/C20H19N3O3/c1-20(10-25-14-26-11-20)19(24)18(23-13-21-12-22-23)9-16-7-4-6-15-5-2-3-8-17(15)16/h2-9,12-13H,10-11,14H2,1H3. The maximum Gasteiger partial charge on any atom is 0.191 e. The Morgan fingerprint density at radius 2 is 1.92 bits per heavy atom. The molecule has 4 rings (SSSR count). The van der Waals surface area contributed by atoms with Crippen molar-refractivity contribution in [2.45, 2.75) is 6.92 Å². The zero-order chi connectivity index (χ0) is 18.0. The first kappa shape index (κ1) is 16.6. The maximum absolute atomic E-state index is 13.3. The molecule has 0 aliphatic carbocycles. The fourth-order valence-corrected chi connectivity index (χ4v) is 3.17. The minimum atomic E-state index is -0.763. The van der Waals surface area contributed by atoms with E-state index < -0.39 is 5.41 Å². The highest BCUT2D eigenvalue weighted by Gasteiger charge is 2.39. The summed E-state index contributed by atoms with van der Waals surface area (Å²) in [5.74, 6) is -0.0874. The van der Waals surface area contributed by atoms with Gasteiger partial charge in [0.05, 0.1) is 18.6 Å². The maximum atomic E-state index is 13.3. The highest BCUT2D eigenvalue weighted by Crippen LogP contribution is 2.30. The van der Waals surface area contributed by atoms with Gasteiger partial charge < -0.3 is 9.47 Å². The minimum absolute atomic E-state index is 0.0874. The van der Waals surface area contributed by atoms with Crippen molar-refractivity contribution < 1.29 is 14.3 Å². The summed E-state index contributed by atoms with van der Waals surface area (Å²) in [6.07, 6.45) is 4.81. The van der Waals surface area contributed by atoms with Crippen molar-refractivity contribution in [3.63, 3.8) is 0 Å². The number of benzene rings is 2. The average Bonchev–Trinajstić information content (AvgIpc) is 3.21. The van der Waals surface area contributed by atoms with Crippen molar-refractivity contribution in [2.24, 2.45) is 5.41 Å². The second kappa shape index (κ2) is 6.82. The number of ether oxygens (including phenoxy) is 2. The van der Waals surface area contributed by atoms with Crippen LogP contribution in [0.5, 0.6) is 0 Å². The molecule has 1 aliphatic heterocycles. The molecule has 1 fully saturated rings. The van der Waals surface area contributed by atoms with Gasteiger partial charge in [0.15, 0.2) is 5.78 Å². The number of ketones is 1. The Morgan fingerprint density at radius 3 is 2.69 bits per heavy atom. The molecular weight excluding hydrogens is 330 g/mol. The molecule has 0 amide bonds. The molecule has 0 atom stereocenters. The van der Waals surface area contributed by atoms with Crippen molar-refractivity contribution >= 4 is 28.3 Å². The monoisotopic (exact) mass is 349 g/mol. The average molecular weight is 349 g/mol. The summed E-state index contributed by atoms with van der Waals surface area (Å²) in [5.41, 5.74) is 0.624. The topological polar surface area (TPSA) is 66.2 Å². The summed E-state index contributed by atoms with van der Waals surface area (Å²) < 4.78 is 12.3. The second-order valence-electron chi connectivity index (χ2n) is 6.64. The first-order chi connectivity index (χ1) is 12.7. The largest absolute Gasteiger partial charge is 0.354 e. The van der Waals surface area contributed by atoms with Crippen molar-refractivity contribution in [2.75, 3.05) is 20.0 Å². The number of hydrogen-bond acceptors (Lipinski definition) is 5. The highest BCUT2D eigenvalue weighted by atomic mass is 16.7. The predicted molar refractivity (Wildman–Crippen MR) is 98.0 cm³/mol. The smallest absolute Gasteiger partial charge is 0.191 e. The third kappa shape index (κ3) is 3.05. The number of aromatic nitrogens is 3. The second-order valence-corrected chi connectivity index (χ2v) is 6.64. The van der Waals surface area contributed by atoms with Crippen LogP contribution in [0.2, 0.25) is 0 Å².